The predicted octanol–water partition coefficient (Wildman–Crippen LogP) is 5.45. The first-order valence-corrected chi connectivity index (χ1v) is 12.5. The van der Waals surface area contributed by atoms with E-state index >= 15 is 0 Å². The number of benzene rings is 1. The van der Waals surface area contributed by atoms with Crippen molar-refractivity contribution in [1.82, 2.24) is 25.2 Å². The summed E-state index contributed by atoms with van der Waals surface area (Å²) in [4.78, 5) is 29.7. The smallest absolute Gasteiger partial charge is 0.352 e. The van der Waals surface area contributed by atoms with Crippen LogP contribution < -0.4 is 5.32 Å². The van der Waals surface area contributed by atoms with Crippen LogP contribution in [-0.2, 0) is 11.0 Å². The third-order valence-electron chi connectivity index (χ3n) is 6.63. The Hall–Kier alpha value is -3.50. The summed E-state index contributed by atoms with van der Waals surface area (Å²) in [5, 5.41) is 10.2. The van der Waals surface area contributed by atoms with Crippen molar-refractivity contribution in [2.24, 2.45) is 5.92 Å². The molecule has 0 atom stereocenters. The van der Waals surface area contributed by atoms with Crippen LogP contribution in [0.4, 0.5) is 13.2 Å². The van der Waals surface area contributed by atoms with Crippen LogP contribution in [0.5, 0.6) is 0 Å². The maximum Gasteiger partial charge on any atom is 0.435 e. The minimum Gasteiger partial charge on any atom is -0.352 e. The Kier molecular flexibility index (Phi) is 8.09. The van der Waals surface area contributed by atoms with Gasteiger partial charge in [0.05, 0.1) is 11.3 Å². The highest BCUT2D eigenvalue weighted by molar-refractivity contribution is 5.95. The normalized spacial score (nSPS) is 18.2. The van der Waals surface area contributed by atoms with Crippen molar-refractivity contribution in [3.63, 3.8) is 0 Å². The molecular weight excluding hydrogens is 487 g/mol. The van der Waals surface area contributed by atoms with E-state index in [0.29, 0.717) is 23.8 Å². The van der Waals surface area contributed by atoms with Gasteiger partial charge in [0.1, 0.15) is 5.78 Å². The van der Waals surface area contributed by atoms with Gasteiger partial charge in [-0.3, -0.25) is 9.59 Å². The van der Waals surface area contributed by atoms with Crippen LogP contribution in [0.1, 0.15) is 92.0 Å². The molecule has 198 valence electrons. The van der Waals surface area contributed by atoms with Crippen molar-refractivity contribution in [2.75, 3.05) is 6.54 Å². The summed E-state index contributed by atoms with van der Waals surface area (Å²) in [5.74, 6) is 0.833. The van der Waals surface area contributed by atoms with E-state index in [1.165, 1.54) is 0 Å². The maximum absolute atomic E-state index is 13.5. The molecule has 8 nitrogen and oxygen atoms in total. The summed E-state index contributed by atoms with van der Waals surface area (Å²) in [7, 11) is 0. The molecule has 0 aliphatic heterocycles. The van der Waals surface area contributed by atoms with Crippen LogP contribution in [0.2, 0.25) is 0 Å². The number of halogens is 3. The van der Waals surface area contributed by atoms with E-state index in [1.54, 1.807) is 30.3 Å². The van der Waals surface area contributed by atoms with E-state index in [1.807, 2.05) is 13.8 Å². The zero-order chi connectivity index (χ0) is 26.6. The Morgan fingerprint density at radius 2 is 1.84 bits per heavy atom. The van der Waals surface area contributed by atoms with Crippen LogP contribution in [0.15, 0.2) is 41.1 Å². The molecule has 0 spiro atoms. The molecule has 1 aliphatic carbocycles. The molecule has 1 saturated carbocycles. The van der Waals surface area contributed by atoms with Crippen LogP contribution >= 0.6 is 0 Å². The standard InChI is InChI=1S/C26H30F3N5O3/c1-16(2)25-31-23(33-37-25)18-12-10-17(11-13-18)21(35)9-6-14-30-24(36)20-15-34(19-7-4-3-5-8-19)32-22(20)26(27,28)29/h3-5,7-8,15-18H,6,9-14H2,1-2H3,(H,30,36). The summed E-state index contributed by atoms with van der Waals surface area (Å²) in [5.41, 5.74) is -1.39. The number of hydrogen-bond acceptors (Lipinski definition) is 6. The second-order valence-electron chi connectivity index (χ2n) is 9.69. The highest BCUT2D eigenvalue weighted by Crippen LogP contribution is 2.36. The summed E-state index contributed by atoms with van der Waals surface area (Å²) in [6.45, 7) is 4.07. The number of para-hydroxylation sites is 1. The number of Topliss-reactive ketones (excluding diaryl/α,β-unsaturated/α-hetero) is 1. The lowest BCUT2D eigenvalue weighted by atomic mass is 9.79. The van der Waals surface area contributed by atoms with E-state index in [0.717, 1.165) is 36.6 Å². The van der Waals surface area contributed by atoms with Crippen molar-refractivity contribution in [3.8, 4) is 5.69 Å². The quantitative estimate of drug-likeness (QED) is 0.379. The first-order chi connectivity index (χ1) is 17.6. The Labute approximate surface area is 212 Å². The van der Waals surface area contributed by atoms with Gasteiger partial charge in [0.2, 0.25) is 5.89 Å². The predicted molar refractivity (Wildman–Crippen MR) is 128 cm³/mol. The highest BCUT2D eigenvalue weighted by atomic mass is 19.4. The number of nitrogens with one attached hydrogen (secondary N) is 1. The molecular formula is C26H30F3N5O3. The van der Waals surface area contributed by atoms with Gasteiger partial charge in [-0.1, -0.05) is 37.2 Å². The minimum atomic E-state index is -4.78. The second-order valence-corrected chi connectivity index (χ2v) is 9.69. The van der Waals surface area contributed by atoms with Crippen LogP contribution in [0.3, 0.4) is 0 Å². The number of alkyl halides is 3. The zero-order valence-electron chi connectivity index (χ0n) is 20.8. The Bertz CT molecular complexity index is 1210. The Morgan fingerprint density at radius 3 is 2.46 bits per heavy atom. The topological polar surface area (TPSA) is 103 Å². The number of aromatic nitrogens is 4. The van der Waals surface area contributed by atoms with Crippen LogP contribution in [0, 0.1) is 5.92 Å². The van der Waals surface area contributed by atoms with Crippen molar-refractivity contribution in [1.29, 1.82) is 0 Å². The Balaban J connectivity index is 1.26. The molecule has 4 rings (SSSR count). The number of hydrogen-bond donors (Lipinski definition) is 1. The van der Waals surface area contributed by atoms with Gasteiger partial charge in [-0.25, -0.2) is 4.68 Å². The largest absolute Gasteiger partial charge is 0.435 e. The van der Waals surface area contributed by atoms with Gasteiger partial charge in [-0.05, 0) is 44.2 Å². The molecule has 1 fully saturated rings. The average molecular weight is 518 g/mol. The molecule has 0 bridgehead atoms. The van der Waals surface area contributed by atoms with Gasteiger partial charge in [-0.15, -0.1) is 0 Å². The molecule has 1 aliphatic rings. The van der Waals surface area contributed by atoms with E-state index in [4.69, 9.17) is 4.52 Å². The van der Waals surface area contributed by atoms with Gasteiger partial charge in [-0.2, -0.15) is 23.3 Å². The third-order valence-corrected chi connectivity index (χ3v) is 6.63. The molecule has 0 unspecified atom stereocenters. The first kappa shape index (κ1) is 26.6. The SMILES string of the molecule is CC(C)c1nc(C2CCC(C(=O)CCCNC(=O)c3cn(-c4ccccc4)nc3C(F)(F)F)CC2)no1. The number of rotatable bonds is 9. The fourth-order valence-electron chi connectivity index (χ4n) is 4.55. The zero-order valence-corrected chi connectivity index (χ0v) is 20.8. The van der Waals surface area contributed by atoms with Crippen molar-refractivity contribution < 1.29 is 27.3 Å². The molecule has 11 heteroatoms. The summed E-state index contributed by atoms with van der Waals surface area (Å²) >= 11 is 0. The highest BCUT2D eigenvalue weighted by Gasteiger charge is 2.39. The number of nitrogens with zero attached hydrogens (tertiary/aromatic N) is 4. The molecule has 1 N–H and O–H groups in total. The lowest BCUT2D eigenvalue weighted by molar-refractivity contribution is -0.141. The second kappa shape index (κ2) is 11.3. The number of amides is 1. The van der Waals surface area contributed by atoms with Crippen LogP contribution in [0.25, 0.3) is 5.69 Å². The van der Waals surface area contributed by atoms with E-state index < -0.39 is 23.3 Å². The Morgan fingerprint density at radius 1 is 1.14 bits per heavy atom. The van der Waals surface area contributed by atoms with E-state index in [2.05, 4.69) is 20.6 Å². The summed E-state index contributed by atoms with van der Waals surface area (Å²) in [6, 6.07) is 8.26. The molecule has 3 aromatic rings. The molecule has 1 aromatic carbocycles. The maximum atomic E-state index is 13.5. The molecule has 2 heterocycles. The number of ketones is 1. The molecule has 0 radical (unpaired) electrons. The van der Waals surface area contributed by atoms with Crippen molar-refractivity contribution >= 4 is 11.7 Å². The fourth-order valence-corrected chi connectivity index (χ4v) is 4.55. The summed E-state index contributed by atoms with van der Waals surface area (Å²) < 4.78 is 46.8. The molecule has 2 aromatic heterocycles. The first-order valence-electron chi connectivity index (χ1n) is 12.5. The van der Waals surface area contributed by atoms with Gasteiger partial charge in [0, 0.05) is 36.9 Å². The van der Waals surface area contributed by atoms with Gasteiger partial charge < -0.3 is 9.84 Å². The van der Waals surface area contributed by atoms with Gasteiger partial charge >= 0.3 is 6.18 Å². The number of carbonyl (C=O) groups excluding carboxylic acids is 2. The minimum absolute atomic E-state index is 0.0654. The summed E-state index contributed by atoms with van der Waals surface area (Å²) in [6.07, 6.45) is -0.0357. The lowest BCUT2D eigenvalue weighted by Crippen LogP contribution is -2.28. The third kappa shape index (κ3) is 6.44. The fraction of sp³-hybridized carbons (Fsp3) is 0.500. The van der Waals surface area contributed by atoms with Crippen LogP contribution in [-0.4, -0.2) is 38.2 Å². The van der Waals surface area contributed by atoms with Crippen molar-refractivity contribution in [2.45, 2.75) is 70.4 Å². The van der Waals surface area contributed by atoms with Gasteiger partial charge in [0.25, 0.3) is 5.91 Å². The molecule has 37 heavy (non-hydrogen) atoms. The van der Waals surface area contributed by atoms with E-state index in [9.17, 15) is 22.8 Å². The lowest BCUT2D eigenvalue weighted by Gasteiger charge is -2.25. The van der Waals surface area contributed by atoms with E-state index in [-0.39, 0.29) is 36.5 Å². The molecule has 1 amide bonds. The van der Waals surface area contributed by atoms with Gasteiger partial charge in [0.15, 0.2) is 11.5 Å². The van der Waals surface area contributed by atoms with Crippen molar-refractivity contribution in [3.05, 3.63) is 59.5 Å². The monoisotopic (exact) mass is 517 g/mol. The molecule has 0 saturated heterocycles. The number of carbonyl (C=O) groups is 2. The average Bonchev–Trinajstić information content (AvgIpc) is 3.55.